The Morgan fingerprint density at radius 2 is 1.74 bits per heavy atom. The Labute approximate surface area is 110 Å². The Balaban J connectivity index is 1.98. The van der Waals surface area contributed by atoms with Crippen LogP contribution < -0.4 is 5.43 Å². The summed E-state index contributed by atoms with van der Waals surface area (Å²) in [4.78, 5) is 16.6. The molecule has 1 amide bonds. The van der Waals surface area contributed by atoms with Crippen LogP contribution in [0.15, 0.2) is 54.6 Å². The molecular weight excluding hydrogens is 238 g/mol. The van der Waals surface area contributed by atoms with E-state index in [9.17, 15) is 4.79 Å². The van der Waals surface area contributed by atoms with Gasteiger partial charge in [-0.15, -0.1) is 0 Å². The number of carbonyl (C=O) groups is 1. The zero-order valence-electron chi connectivity index (χ0n) is 10.5. The lowest BCUT2D eigenvalue weighted by atomic mass is 10.2. The van der Waals surface area contributed by atoms with Crippen LogP contribution in [0.2, 0.25) is 0 Å². The fourth-order valence-corrected chi connectivity index (χ4v) is 2.04. The second-order valence-corrected chi connectivity index (χ2v) is 4.29. The molecule has 0 bridgehead atoms. The average molecular weight is 251 g/mol. The highest BCUT2D eigenvalue weighted by Crippen LogP contribution is 2.14. The Bertz CT molecular complexity index is 731. The molecule has 4 heteroatoms. The van der Waals surface area contributed by atoms with E-state index in [0.29, 0.717) is 5.56 Å². The van der Waals surface area contributed by atoms with E-state index in [0.717, 1.165) is 16.9 Å². The van der Waals surface area contributed by atoms with Crippen LogP contribution in [-0.4, -0.2) is 15.6 Å². The number of carbonyl (C=O) groups excluding carboxylic acids is 1. The number of benzene rings is 2. The highest BCUT2D eigenvalue weighted by atomic mass is 16.2. The lowest BCUT2D eigenvalue weighted by Gasteiger charge is -2.08. The molecule has 0 aliphatic carbocycles. The number of rotatable bonds is 2. The summed E-state index contributed by atoms with van der Waals surface area (Å²) in [6, 6.07) is 16.8. The molecule has 3 aromatic rings. The number of amides is 1. The number of aromatic nitrogens is 2. The van der Waals surface area contributed by atoms with Crippen molar-refractivity contribution < 1.29 is 4.79 Å². The molecule has 0 radical (unpaired) electrons. The van der Waals surface area contributed by atoms with Crippen LogP contribution in [0, 0.1) is 6.92 Å². The Morgan fingerprint density at radius 1 is 1.05 bits per heavy atom. The van der Waals surface area contributed by atoms with E-state index in [1.165, 1.54) is 0 Å². The van der Waals surface area contributed by atoms with E-state index in [1.807, 2.05) is 49.4 Å². The molecule has 19 heavy (non-hydrogen) atoms. The molecule has 0 saturated heterocycles. The number of nitrogens with zero attached hydrogens (tertiary/aromatic N) is 2. The van der Waals surface area contributed by atoms with Gasteiger partial charge < -0.3 is 0 Å². The zero-order chi connectivity index (χ0) is 13.2. The summed E-state index contributed by atoms with van der Waals surface area (Å²) >= 11 is 0. The number of aryl methyl sites for hydroxylation is 1. The molecule has 4 nitrogen and oxygen atoms in total. The first-order chi connectivity index (χ1) is 9.25. The molecule has 0 atom stereocenters. The first-order valence-corrected chi connectivity index (χ1v) is 6.06. The monoisotopic (exact) mass is 251 g/mol. The standard InChI is InChI=1S/C15H13N3O/c1-11-16-13-9-5-6-10-14(13)18(11)17-15(19)12-7-3-2-4-8-12/h2-10H,1H3,(H,17,19). The van der Waals surface area contributed by atoms with Crippen LogP contribution in [0.25, 0.3) is 11.0 Å². The van der Waals surface area contributed by atoms with Gasteiger partial charge in [0, 0.05) is 5.56 Å². The maximum Gasteiger partial charge on any atom is 0.270 e. The van der Waals surface area contributed by atoms with E-state index in [2.05, 4.69) is 10.4 Å². The number of para-hydroxylation sites is 2. The van der Waals surface area contributed by atoms with Crippen LogP contribution in [0.3, 0.4) is 0 Å². The SMILES string of the molecule is Cc1nc2ccccc2n1NC(=O)c1ccccc1. The highest BCUT2D eigenvalue weighted by Gasteiger charge is 2.10. The molecule has 1 N–H and O–H groups in total. The lowest BCUT2D eigenvalue weighted by molar-refractivity contribution is 0.101. The number of fused-ring (bicyclic) bond motifs is 1. The van der Waals surface area contributed by atoms with Crippen LogP contribution >= 0.6 is 0 Å². The fraction of sp³-hybridized carbons (Fsp3) is 0.0667. The Hall–Kier alpha value is -2.62. The van der Waals surface area contributed by atoms with Gasteiger partial charge in [0.05, 0.1) is 11.0 Å². The molecule has 94 valence electrons. The number of hydrogen-bond acceptors (Lipinski definition) is 2. The van der Waals surface area contributed by atoms with Crippen LogP contribution in [-0.2, 0) is 0 Å². The molecule has 1 heterocycles. The summed E-state index contributed by atoms with van der Waals surface area (Å²) < 4.78 is 1.71. The predicted octanol–water partition coefficient (Wildman–Crippen LogP) is 2.73. The molecule has 0 aliphatic heterocycles. The minimum atomic E-state index is -0.146. The van der Waals surface area contributed by atoms with Gasteiger partial charge in [-0.1, -0.05) is 30.3 Å². The van der Waals surface area contributed by atoms with Crippen molar-refractivity contribution >= 4 is 16.9 Å². The molecule has 0 fully saturated rings. The minimum Gasteiger partial charge on any atom is -0.267 e. The third kappa shape index (κ3) is 2.08. The Kier molecular flexibility index (Phi) is 2.76. The normalized spacial score (nSPS) is 10.6. The quantitative estimate of drug-likeness (QED) is 0.761. The van der Waals surface area contributed by atoms with Gasteiger partial charge in [0.1, 0.15) is 5.82 Å². The molecule has 0 unspecified atom stereocenters. The van der Waals surface area contributed by atoms with Crippen molar-refractivity contribution in [3.05, 3.63) is 66.0 Å². The van der Waals surface area contributed by atoms with Crippen molar-refractivity contribution in [3.8, 4) is 0 Å². The van der Waals surface area contributed by atoms with Crippen molar-refractivity contribution in [2.24, 2.45) is 0 Å². The van der Waals surface area contributed by atoms with Crippen LogP contribution in [0.5, 0.6) is 0 Å². The van der Waals surface area contributed by atoms with E-state index in [4.69, 9.17) is 0 Å². The summed E-state index contributed by atoms with van der Waals surface area (Å²) in [6.45, 7) is 1.87. The van der Waals surface area contributed by atoms with Crippen molar-refractivity contribution in [1.82, 2.24) is 9.66 Å². The van der Waals surface area contributed by atoms with Gasteiger partial charge in [-0.3, -0.25) is 10.2 Å². The number of nitrogens with one attached hydrogen (secondary N) is 1. The smallest absolute Gasteiger partial charge is 0.267 e. The second kappa shape index (κ2) is 4.57. The van der Waals surface area contributed by atoms with E-state index in [1.54, 1.807) is 16.8 Å². The van der Waals surface area contributed by atoms with Gasteiger partial charge in [0.2, 0.25) is 0 Å². The Morgan fingerprint density at radius 3 is 2.53 bits per heavy atom. The summed E-state index contributed by atoms with van der Waals surface area (Å²) in [5.74, 6) is 0.609. The highest BCUT2D eigenvalue weighted by molar-refractivity contribution is 6.00. The van der Waals surface area contributed by atoms with Crippen LogP contribution in [0.4, 0.5) is 0 Å². The summed E-state index contributed by atoms with van der Waals surface area (Å²) in [5.41, 5.74) is 5.25. The van der Waals surface area contributed by atoms with Gasteiger partial charge in [-0.05, 0) is 31.2 Å². The molecular formula is C15H13N3O. The van der Waals surface area contributed by atoms with E-state index < -0.39 is 0 Å². The maximum atomic E-state index is 12.1. The number of imidazole rings is 1. The summed E-state index contributed by atoms with van der Waals surface area (Å²) in [6.07, 6.45) is 0. The maximum absolute atomic E-state index is 12.1. The topological polar surface area (TPSA) is 46.9 Å². The summed E-state index contributed by atoms with van der Waals surface area (Å²) in [5, 5.41) is 0. The van der Waals surface area contributed by atoms with E-state index in [-0.39, 0.29) is 5.91 Å². The molecule has 0 saturated carbocycles. The third-order valence-corrected chi connectivity index (χ3v) is 2.98. The van der Waals surface area contributed by atoms with Crippen molar-refractivity contribution in [2.45, 2.75) is 6.92 Å². The van der Waals surface area contributed by atoms with Gasteiger partial charge >= 0.3 is 0 Å². The predicted molar refractivity (Wildman–Crippen MR) is 74.6 cm³/mol. The van der Waals surface area contributed by atoms with Gasteiger partial charge in [-0.25, -0.2) is 9.66 Å². The molecule has 2 aromatic carbocycles. The third-order valence-electron chi connectivity index (χ3n) is 2.98. The van der Waals surface area contributed by atoms with Crippen molar-refractivity contribution in [1.29, 1.82) is 0 Å². The van der Waals surface area contributed by atoms with Crippen molar-refractivity contribution in [2.75, 3.05) is 5.43 Å². The van der Waals surface area contributed by atoms with Gasteiger partial charge in [-0.2, -0.15) is 0 Å². The zero-order valence-corrected chi connectivity index (χ0v) is 10.5. The molecule has 0 spiro atoms. The molecule has 0 aliphatic rings. The van der Waals surface area contributed by atoms with Gasteiger partial charge in [0.25, 0.3) is 5.91 Å². The van der Waals surface area contributed by atoms with Crippen molar-refractivity contribution in [3.63, 3.8) is 0 Å². The van der Waals surface area contributed by atoms with Crippen LogP contribution in [0.1, 0.15) is 16.2 Å². The molecule has 3 rings (SSSR count). The first-order valence-electron chi connectivity index (χ1n) is 6.06. The first kappa shape index (κ1) is 11.5. The fourth-order valence-electron chi connectivity index (χ4n) is 2.04. The largest absolute Gasteiger partial charge is 0.270 e. The second-order valence-electron chi connectivity index (χ2n) is 4.29. The number of hydrogen-bond donors (Lipinski definition) is 1. The lowest BCUT2D eigenvalue weighted by Crippen LogP contribution is -2.23. The average Bonchev–Trinajstić information content (AvgIpc) is 2.76. The minimum absolute atomic E-state index is 0.146. The molecule has 1 aromatic heterocycles. The van der Waals surface area contributed by atoms with E-state index >= 15 is 0 Å². The van der Waals surface area contributed by atoms with Gasteiger partial charge in [0.15, 0.2) is 0 Å². The summed E-state index contributed by atoms with van der Waals surface area (Å²) in [7, 11) is 0.